The number of carbonyl (C=O) groups is 1. The van der Waals surface area contributed by atoms with Gasteiger partial charge in [-0.3, -0.25) is 9.36 Å². The van der Waals surface area contributed by atoms with E-state index in [0.717, 1.165) is 17.3 Å². The minimum atomic E-state index is -0.209. The van der Waals surface area contributed by atoms with Crippen LogP contribution in [0, 0.1) is 13.8 Å². The van der Waals surface area contributed by atoms with E-state index in [2.05, 4.69) is 42.3 Å². The molecule has 0 spiro atoms. The molecule has 1 heterocycles. The fraction of sp³-hybridized carbons (Fsp3) is 0.474. The Morgan fingerprint density at radius 2 is 2.04 bits per heavy atom. The molecule has 0 aliphatic heterocycles. The number of thioether (sulfide) groups is 1. The summed E-state index contributed by atoms with van der Waals surface area (Å²) in [7, 11) is 0. The molecule has 0 aliphatic carbocycles. The molecule has 0 bridgehead atoms. The van der Waals surface area contributed by atoms with Gasteiger partial charge in [-0.25, -0.2) is 4.98 Å². The average Bonchev–Trinajstić information content (AvgIpc) is 3.01. The predicted molar refractivity (Wildman–Crippen MR) is 102 cm³/mol. The molecule has 6 heteroatoms. The lowest BCUT2D eigenvalue weighted by molar-refractivity contribution is -0.120. The number of nitrogens with one attached hydrogen (secondary N) is 1. The average molecular weight is 362 g/mol. The molecule has 0 radical (unpaired) electrons. The summed E-state index contributed by atoms with van der Waals surface area (Å²) in [6.45, 7) is 10.1. The van der Waals surface area contributed by atoms with E-state index in [4.69, 9.17) is 4.74 Å². The number of carbonyl (C=O) groups excluding carboxylic acids is 1. The smallest absolute Gasteiger partial charge is 0.233 e. The van der Waals surface area contributed by atoms with E-state index in [1.54, 1.807) is 6.20 Å². The highest BCUT2D eigenvalue weighted by Gasteiger charge is 2.17. The van der Waals surface area contributed by atoms with Gasteiger partial charge in [0.2, 0.25) is 5.91 Å². The zero-order chi connectivity index (χ0) is 18.2. The van der Waals surface area contributed by atoms with Crippen LogP contribution in [-0.2, 0) is 9.53 Å². The molecule has 1 amide bonds. The second-order valence-corrected chi connectivity index (χ2v) is 7.34. The lowest BCUT2D eigenvalue weighted by Gasteiger charge is -2.14. The third-order valence-corrected chi connectivity index (χ3v) is 4.79. The Bertz CT molecular complexity index is 679. The molecule has 25 heavy (non-hydrogen) atoms. The molecule has 0 aliphatic rings. The van der Waals surface area contributed by atoms with Crippen molar-refractivity contribution in [1.29, 1.82) is 0 Å². The van der Waals surface area contributed by atoms with Gasteiger partial charge in [0.05, 0.1) is 5.25 Å². The van der Waals surface area contributed by atoms with Gasteiger partial charge in [-0.2, -0.15) is 0 Å². The van der Waals surface area contributed by atoms with Crippen LogP contribution in [0.4, 0.5) is 0 Å². The maximum Gasteiger partial charge on any atom is 0.233 e. The number of rotatable bonds is 9. The molecule has 1 atom stereocenters. The highest BCUT2D eigenvalue weighted by molar-refractivity contribution is 8.00. The third kappa shape index (κ3) is 5.90. The number of hydrogen-bond donors (Lipinski definition) is 1. The molecule has 136 valence electrons. The molecular formula is C19H27N3O2S. The highest BCUT2D eigenvalue weighted by atomic mass is 32.2. The molecule has 1 N–H and O–H groups in total. The summed E-state index contributed by atoms with van der Waals surface area (Å²) in [6, 6.07) is 6.39. The van der Waals surface area contributed by atoms with Crippen molar-refractivity contribution >= 4 is 17.7 Å². The normalized spacial score (nSPS) is 12.2. The SMILES string of the molecule is CCOCCCNC(=O)C(C)Sc1nccn1-c1cc(C)cc(C)c1. The summed E-state index contributed by atoms with van der Waals surface area (Å²) >= 11 is 1.47. The van der Waals surface area contributed by atoms with Crippen LogP contribution in [0.15, 0.2) is 35.7 Å². The van der Waals surface area contributed by atoms with Gasteiger partial charge in [0.25, 0.3) is 0 Å². The number of amides is 1. The Morgan fingerprint density at radius 1 is 1.32 bits per heavy atom. The first-order valence-corrected chi connectivity index (χ1v) is 9.53. The van der Waals surface area contributed by atoms with Crippen LogP contribution in [0.1, 0.15) is 31.4 Å². The van der Waals surface area contributed by atoms with Crippen LogP contribution in [0.5, 0.6) is 0 Å². The number of benzene rings is 1. The van der Waals surface area contributed by atoms with Crippen molar-refractivity contribution in [2.75, 3.05) is 19.8 Å². The molecule has 0 saturated carbocycles. The topological polar surface area (TPSA) is 56.1 Å². The van der Waals surface area contributed by atoms with Gasteiger partial charge in [-0.15, -0.1) is 0 Å². The van der Waals surface area contributed by atoms with Crippen molar-refractivity contribution in [2.24, 2.45) is 0 Å². The standard InChI is InChI=1S/C19H27N3O2S/c1-5-24-10-6-7-20-18(23)16(4)25-19-21-8-9-22(19)17-12-14(2)11-15(3)13-17/h8-9,11-13,16H,5-7,10H2,1-4H3,(H,20,23). The maximum atomic E-state index is 12.2. The van der Waals surface area contributed by atoms with Gasteiger partial charge in [0.15, 0.2) is 5.16 Å². The molecule has 0 saturated heterocycles. The summed E-state index contributed by atoms with van der Waals surface area (Å²) in [6.07, 6.45) is 4.53. The first-order valence-electron chi connectivity index (χ1n) is 8.65. The van der Waals surface area contributed by atoms with Crippen LogP contribution in [0.2, 0.25) is 0 Å². The Labute approximate surface area is 154 Å². The van der Waals surface area contributed by atoms with E-state index in [9.17, 15) is 4.79 Å². The Kier molecular flexibility index (Phi) is 7.52. The van der Waals surface area contributed by atoms with Crippen LogP contribution >= 0.6 is 11.8 Å². The van der Waals surface area contributed by atoms with Crippen molar-refractivity contribution in [3.05, 3.63) is 41.7 Å². The Balaban J connectivity index is 1.97. The Hall–Kier alpha value is -1.79. The highest BCUT2D eigenvalue weighted by Crippen LogP contribution is 2.25. The van der Waals surface area contributed by atoms with Gasteiger partial charge < -0.3 is 10.1 Å². The zero-order valence-corrected chi connectivity index (χ0v) is 16.2. The molecule has 1 aromatic heterocycles. The van der Waals surface area contributed by atoms with Crippen molar-refractivity contribution in [1.82, 2.24) is 14.9 Å². The van der Waals surface area contributed by atoms with Crippen molar-refractivity contribution < 1.29 is 9.53 Å². The molecule has 1 aromatic carbocycles. The minimum Gasteiger partial charge on any atom is -0.382 e. The molecule has 5 nitrogen and oxygen atoms in total. The zero-order valence-electron chi connectivity index (χ0n) is 15.4. The van der Waals surface area contributed by atoms with Crippen molar-refractivity contribution in [2.45, 2.75) is 44.5 Å². The number of hydrogen-bond acceptors (Lipinski definition) is 4. The summed E-state index contributed by atoms with van der Waals surface area (Å²) < 4.78 is 7.31. The molecule has 2 aromatic rings. The minimum absolute atomic E-state index is 0.0245. The van der Waals surface area contributed by atoms with Crippen molar-refractivity contribution in [3.8, 4) is 5.69 Å². The maximum absolute atomic E-state index is 12.2. The van der Waals surface area contributed by atoms with E-state index in [0.29, 0.717) is 19.8 Å². The number of imidazole rings is 1. The van der Waals surface area contributed by atoms with E-state index in [1.165, 1.54) is 22.9 Å². The first-order chi connectivity index (χ1) is 12.0. The monoisotopic (exact) mass is 361 g/mol. The molecule has 1 unspecified atom stereocenters. The lowest BCUT2D eigenvalue weighted by Crippen LogP contribution is -2.32. The fourth-order valence-corrected chi connectivity index (χ4v) is 3.46. The number of nitrogens with zero attached hydrogens (tertiary/aromatic N) is 2. The summed E-state index contributed by atoms with van der Waals surface area (Å²) in [4.78, 5) is 16.7. The van der Waals surface area contributed by atoms with Crippen LogP contribution in [0.25, 0.3) is 5.69 Å². The van der Waals surface area contributed by atoms with Gasteiger partial charge >= 0.3 is 0 Å². The first kappa shape index (κ1) is 19.5. The molecule has 0 fully saturated rings. The number of ether oxygens (including phenoxy) is 1. The number of aromatic nitrogens is 2. The number of aryl methyl sites for hydroxylation is 2. The second-order valence-electron chi connectivity index (χ2n) is 6.03. The molecule has 2 rings (SSSR count). The van der Waals surface area contributed by atoms with E-state index in [-0.39, 0.29) is 11.2 Å². The largest absolute Gasteiger partial charge is 0.382 e. The van der Waals surface area contributed by atoms with Crippen molar-refractivity contribution in [3.63, 3.8) is 0 Å². The van der Waals surface area contributed by atoms with E-state index < -0.39 is 0 Å². The van der Waals surface area contributed by atoms with Gasteiger partial charge in [0, 0.05) is 37.8 Å². The second kappa shape index (κ2) is 9.63. The lowest BCUT2D eigenvalue weighted by atomic mass is 10.1. The third-order valence-electron chi connectivity index (χ3n) is 3.71. The van der Waals surface area contributed by atoms with Gasteiger partial charge in [-0.1, -0.05) is 17.8 Å². The molecular weight excluding hydrogens is 334 g/mol. The van der Waals surface area contributed by atoms with Crippen LogP contribution in [-0.4, -0.2) is 40.5 Å². The van der Waals surface area contributed by atoms with Gasteiger partial charge in [-0.05, 0) is 57.4 Å². The van der Waals surface area contributed by atoms with Gasteiger partial charge in [0.1, 0.15) is 0 Å². The quantitative estimate of drug-likeness (QED) is 0.548. The summed E-state index contributed by atoms with van der Waals surface area (Å²) in [5.74, 6) is 0.0245. The summed E-state index contributed by atoms with van der Waals surface area (Å²) in [5, 5.41) is 3.57. The summed E-state index contributed by atoms with van der Waals surface area (Å²) in [5.41, 5.74) is 3.49. The van der Waals surface area contributed by atoms with E-state index in [1.807, 2.05) is 24.6 Å². The Morgan fingerprint density at radius 3 is 2.72 bits per heavy atom. The van der Waals surface area contributed by atoms with E-state index >= 15 is 0 Å². The van der Waals surface area contributed by atoms with Crippen LogP contribution < -0.4 is 5.32 Å². The van der Waals surface area contributed by atoms with Crippen LogP contribution in [0.3, 0.4) is 0 Å². The fourth-order valence-electron chi connectivity index (χ4n) is 2.55. The predicted octanol–water partition coefficient (Wildman–Crippen LogP) is 3.51.